The first-order valence-electron chi connectivity index (χ1n) is 9.97. The maximum atomic E-state index is 13.1. The third-order valence-corrected chi connectivity index (χ3v) is 5.41. The number of imidazole rings is 1. The monoisotopic (exact) mass is 406 g/mol. The van der Waals surface area contributed by atoms with E-state index in [4.69, 9.17) is 9.47 Å². The molecule has 1 amide bonds. The van der Waals surface area contributed by atoms with Crippen LogP contribution >= 0.6 is 0 Å². The molecule has 1 aromatic carbocycles. The van der Waals surface area contributed by atoms with E-state index in [0.29, 0.717) is 43.5 Å². The summed E-state index contributed by atoms with van der Waals surface area (Å²) in [6, 6.07) is 11.3. The van der Waals surface area contributed by atoms with Crippen molar-refractivity contribution in [3.63, 3.8) is 0 Å². The van der Waals surface area contributed by atoms with Gasteiger partial charge in [0, 0.05) is 38.6 Å². The lowest BCUT2D eigenvalue weighted by Crippen LogP contribution is -2.56. The third-order valence-electron chi connectivity index (χ3n) is 5.41. The van der Waals surface area contributed by atoms with Crippen LogP contribution in [0.5, 0.6) is 11.5 Å². The molecule has 2 aliphatic rings. The number of nitrogens with zero attached hydrogens (tertiary/aromatic N) is 6. The molecule has 0 saturated carbocycles. The highest BCUT2D eigenvalue weighted by Crippen LogP contribution is 2.34. The number of ether oxygens (including phenoxy) is 2. The van der Waals surface area contributed by atoms with E-state index in [-0.39, 0.29) is 12.0 Å². The maximum Gasteiger partial charge on any atom is 0.267 e. The Bertz CT molecular complexity index is 1020. The van der Waals surface area contributed by atoms with Gasteiger partial charge < -0.3 is 19.3 Å². The Kier molecular flexibility index (Phi) is 4.70. The molecule has 3 aromatic rings. The Morgan fingerprint density at radius 2 is 1.67 bits per heavy atom. The number of aromatic nitrogens is 4. The van der Waals surface area contributed by atoms with Crippen LogP contribution in [0.3, 0.4) is 0 Å². The largest absolute Gasteiger partial charge is 0.482 e. The van der Waals surface area contributed by atoms with Crippen LogP contribution in [-0.4, -0.2) is 68.9 Å². The average Bonchev–Trinajstić information content (AvgIpc) is 3.33. The fourth-order valence-corrected chi connectivity index (χ4v) is 3.75. The smallest absolute Gasteiger partial charge is 0.267 e. The SMILES string of the molecule is CC1Oc2ccccc2OC1C(=O)N1CCN(c2ccc(-n3ccnc3)nn2)CC1. The summed E-state index contributed by atoms with van der Waals surface area (Å²) < 4.78 is 13.6. The van der Waals surface area contributed by atoms with E-state index in [1.807, 2.05) is 54.4 Å². The number of anilines is 1. The highest BCUT2D eigenvalue weighted by atomic mass is 16.6. The lowest BCUT2D eigenvalue weighted by molar-refractivity contribution is -0.144. The number of hydrogen-bond donors (Lipinski definition) is 0. The van der Waals surface area contributed by atoms with Gasteiger partial charge in [-0.25, -0.2) is 4.98 Å². The minimum atomic E-state index is -0.638. The number of fused-ring (bicyclic) bond motifs is 1. The van der Waals surface area contributed by atoms with Crippen molar-refractivity contribution in [2.45, 2.75) is 19.1 Å². The summed E-state index contributed by atoms with van der Waals surface area (Å²) >= 11 is 0. The number of rotatable bonds is 3. The van der Waals surface area contributed by atoms with Crippen LogP contribution in [0.15, 0.2) is 55.1 Å². The second kappa shape index (κ2) is 7.66. The van der Waals surface area contributed by atoms with Crippen LogP contribution in [0.2, 0.25) is 0 Å². The van der Waals surface area contributed by atoms with Gasteiger partial charge in [0.05, 0.1) is 0 Å². The van der Waals surface area contributed by atoms with Gasteiger partial charge in [-0.05, 0) is 31.2 Å². The molecule has 0 bridgehead atoms. The summed E-state index contributed by atoms with van der Waals surface area (Å²) in [7, 11) is 0. The second-order valence-electron chi connectivity index (χ2n) is 7.34. The van der Waals surface area contributed by atoms with Crippen molar-refractivity contribution in [3.05, 3.63) is 55.1 Å². The van der Waals surface area contributed by atoms with Crippen molar-refractivity contribution in [2.75, 3.05) is 31.1 Å². The predicted octanol–water partition coefficient (Wildman–Crippen LogP) is 1.54. The lowest BCUT2D eigenvalue weighted by Gasteiger charge is -2.39. The Morgan fingerprint density at radius 1 is 0.967 bits per heavy atom. The molecular formula is C21H22N6O3. The number of carbonyl (C=O) groups excluding carboxylic acids is 1. The normalized spacial score (nSPS) is 20.8. The van der Waals surface area contributed by atoms with Gasteiger partial charge in [-0.2, -0.15) is 0 Å². The number of hydrogen-bond acceptors (Lipinski definition) is 7. The molecule has 2 aliphatic heterocycles. The van der Waals surface area contributed by atoms with Crippen molar-refractivity contribution in [2.24, 2.45) is 0 Å². The summed E-state index contributed by atoms with van der Waals surface area (Å²) in [4.78, 5) is 21.0. The molecule has 30 heavy (non-hydrogen) atoms. The van der Waals surface area contributed by atoms with Crippen molar-refractivity contribution >= 4 is 11.7 Å². The molecule has 154 valence electrons. The quantitative estimate of drug-likeness (QED) is 0.652. The standard InChI is InChI=1S/C21H22N6O3/c1-15-20(30-17-5-3-2-4-16(17)29-15)21(28)26-12-10-25(11-13-26)18-6-7-19(24-23-18)27-9-8-22-14-27/h2-9,14-15,20H,10-13H2,1H3. The third kappa shape index (κ3) is 3.42. The number of piperazine rings is 1. The predicted molar refractivity (Wildman–Crippen MR) is 109 cm³/mol. The van der Waals surface area contributed by atoms with Crippen molar-refractivity contribution in [3.8, 4) is 17.3 Å². The molecule has 0 spiro atoms. The minimum absolute atomic E-state index is 0.0433. The second-order valence-corrected chi connectivity index (χ2v) is 7.34. The minimum Gasteiger partial charge on any atom is -0.482 e. The zero-order chi connectivity index (χ0) is 20.5. The molecule has 1 fully saturated rings. The van der Waals surface area contributed by atoms with E-state index in [9.17, 15) is 4.79 Å². The van der Waals surface area contributed by atoms with E-state index in [1.165, 1.54) is 0 Å². The first kappa shape index (κ1) is 18.4. The number of amides is 1. The van der Waals surface area contributed by atoms with Crippen LogP contribution in [0.4, 0.5) is 5.82 Å². The van der Waals surface area contributed by atoms with Gasteiger partial charge >= 0.3 is 0 Å². The van der Waals surface area contributed by atoms with Crippen LogP contribution < -0.4 is 14.4 Å². The summed E-state index contributed by atoms with van der Waals surface area (Å²) in [6.07, 6.45) is 4.23. The van der Waals surface area contributed by atoms with E-state index in [1.54, 1.807) is 17.1 Å². The van der Waals surface area contributed by atoms with Gasteiger partial charge in [0.15, 0.2) is 23.1 Å². The summed E-state index contributed by atoms with van der Waals surface area (Å²) in [5.41, 5.74) is 0. The van der Waals surface area contributed by atoms with Gasteiger partial charge in [-0.3, -0.25) is 9.36 Å². The molecule has 0 radical (unpaired) electrons. The van der Waals surface area contributed by atoms with Crippen molar-refractivity contribution in [1.29, 1.82) is 0 Å². The van der Waals surface area contributed by atoms with Crippen LogP contribution in [0.1, 0.15) is 6.92 Å². The van der Waals surface area contributed by atoms with Crippen LogP contribution in [0.25, 0.3) is 5.82 Å². The molecule has 9 heteroatoms. The fraction of sp³-hybridized carbons (Fsp3) is 0.333. The highest BCUT2D eigenvalue weighted by molar-refractivity contribution is 5.82. The molecule has 2 atom stereocenters. The summed E-state index contributed by atoms with van der Waals surface area (Å²) in [5.74, 6) is 2.76. The van der Waals surface area contributed by atoms with Gasteiger partial charge in [-0.1, -0.05) is 12.1 Å². The molecule has 0 N–H and O–H groups in total. The Hall–Kier alpha value is -3.62. The van der Waals surface area contributed by atoms with Gasteiger partial charge in [0.2, 0.25) is 6.10 Å². The number of carbonyl (C=O) groups is 1. The van der Waals surface area contributed by atoms with Crippen molar-refractivity contribution < 1.29 is 14.3 Å². The molecule has 1 saturated heterocycles. The summed E-state index contributed by atoms with van der Waals surface area (Å²) in [6.45, 7) is 4.43. The molecule has 2 unspecified atom stereocenters. The average molecular weight is 406 g/mol. The first-order chi connectivity index (χ1) is 14.7. The Morgan fingerprint density at radius 3 is 2.33 bits per heavy atom. The van der Waals surface area contributed by atoms with Gasteiger partial charge in [0.25, 0.3) is 5.91 Å². The number of benzene rings is 1. The zero-order valence-electron chi connectivity index (χ0n) is 16.6. The number of para-hydroxylation sites is 2. The molecule has 2 aromatic heterocycles. The lowest BCUT2D eigenvalue weighted by atomic mass is 10.1. The van der Waals surface area contributed by atoms with E-state index >= 15 is 0 Å². The Balaban J connectivity index is 1.21. The molecule has 0 aliphatic carbocycles. The highest BCUT2D eigenvalue weighted by Gasteiger charge is 2.37. The van der Waals surface area contributed by atoms with Crippen molar-refractivity contribution in [1.82, 2.24) is 24.6 Å². The van der Waals surface area contributed by atoms with Gasteiger partial charge in [0.1, 0.15) is 12.4 Å². The fourth-order valence-electron chi connectivity index (χ4n) is 3.75. The zero-order valence-corrected chi connectivity index (χ0v) is 16.6. The van der Waals surface area contributed by atoms with Crippen LogP contribution in [0, 0.1) is 0 Å². The van der Waals surface area contributed by atoms with E-state index < -0.39 is 6.10 Å². The molecule has 5 rings (SSSR count). The first-order valence-corrected chi connectivity index (χ1v) is 9.97. The topological polar surface area (TPSA) is 85.6 Å². The van der Waals surface area contributed by atoms with E-state index in [0.717, 1.165) is 5.82 Å². The molecule has 9 nitrogen and oxygen atoms in total. The molecule has 4 heterocycles. The maximum absolute atomic E-state index is 13.1. The van der Waals surface area contributed by atoms with E-state index in [2.05, 4.69) is 20.1 Å². The summed E-state index contributed by atoms with van der Waals surface area (Å²) in [5, 5.41) is 8.60. The van der Waals surface area contributed by atoms with Gasteiger partial charge in [-0.15, -0.1) is 10.2 Å². The Labute approximate surface area is 173 Å². The van der Waals surface area contributed by atoms with Crippen LogP contribution in [-0.2, 0) is 4.79 Å². The molecular weight excluding hydrogens is 384 g/mol.